The van der Waals surface area contributed by atoms with Crippen LogP contribution in [0.25, 0.3) is 10.9 Å². The van der Waals surface area contributed by atoms with E-state index in [4.69, 9.17) is 21.4 Å². The van der Waals surface area contributed by atoms with Gasteiger partial charge in [0, 0.05) is 49.0 Å². The molecule has 2 aliphatic rings. The van der Waals surface area contributed by atoms with Crippen LogP contribution in [-0.4, -0.2) is 51.3 Å². The van der Waals surface area contributed by atoms with Crippen molar-refractivity contribution in [3.8, 4) is 0 Å². The van der Waals surface area contributed by atoms with E-state index in [1.54, 1.807) is 17.3 Å². The van der Waals surface area contributed by atoms with Crippen LogP contribution < -0.4 is 10.6 Å². The first-order valence-electron chi connectivity index (χ1n) is 13.6. The Kier molecular flexibility index (Phi) is 7.66. The maximum Gasteiger partial charge on any atom is 0.317 e. The molecule has 3 amide bonds. The van der Waals surface area contributed by atoms with Crippen LogP contribution in [0.4, 0.5) is 4.79 Å². The first-order valence-corrected chi connectivity index (χ1v) is 14.0. The first-order chi connectivity index (χ1) is 19.5. The van der Waals surface area contributed by atoms with E-state index < -0.39 is 0 Å². The van der Waals surface area contributed by atoms with Gasteiger partial charge in [0.25, 0.3) is 5.91 Å². The van der Waals surface area contributed by atoms with Gasteiger partial charge in [-0.2, -0.15) is 5.10 Å². The average Bonchev–Trinajstić information content (AvgIpc) is 3.55. The number of urea groups is 1. The second-order valence-corrected chi connectivity index (χ2v) is 10.7. The molecule has 4 heterocycles. The Morgan fingerprint density at radius 3 is 2.70 bits per heavy atom. The standard InChI is InChI=1S/C30H31ClN6O3/c31-24-8-9-27-25(15-24)26(35-37(27)28-3-1-2-12-40-28)18-34-29(38)23-14-22(16-32-17-23)13-20-4-6-21(7-5-20)19-36-11-10-33-30(36)39/h4-9,14-17,28H,1-3,10-13,18-19H2,(H,33,39)(H,34,38). The van der Waals surface area contributed by atoms with Crippen molar-refractivity contribution in [1.82, 2.24) is 30.3 Å². The Morgan fingerprint density at radius 1 is 1.07 bits per heavy atom. The number of carbonyl (C=O) groups excluding carboxylic acids is 2. The fourth-order valence-electron chi connectivity index (χ4n) is 5.30. The fraction of sp³-hybridized carbons (Fsp3) is 0.333. The van der Waals surface area contributed by atoms with Crippen molar-refractivity contribution in [2.24, 2.45) is 0 Å². The van der Waals surface area contributed by atoms with Gasteiger partial charge < -0.3 is 20.3 Å². The molecule has 40 heavy (non-hydrogen) atoms. The summed E-state index contributed by atoms with van der Waals surface area (Å²) in [6, 6.07) is 15.7. The van der Waals surface area contributed by atoms with E-state index in [1.165, 1.54) is 0 Å². The molecule has 2 aromatic carbocycles. The first kappa shape index (κ1) is 26.3. The molecule has 2 aliphatic heterocycles. The van der Waals surface area contributed by atoms with Crippen LogP contribution >= 0.6 is 11.6 Å². The predicted molar refractivity (Wildman–Crippen MR) is 152 cm³/mol. The maximum absolute atomic E-state index is 13.1. The lowest BCUT2D eigenvalue weighted by Crippen LogP contribution is -2.27. The van der Waals surface area contributed by atoms with Crippen LogP contribution in [0, 0.1) is 0 Å². The lowest BCUT2D eigenvalue weighted by Gasteiger charge is -2.23. The zero-order valence-electron chi connectivity index (χ0n) is 22.1. The van der Waals surface area contributed by atoms with Gasteiger partial charge >= 0.3 is 6.03 Å². The molecule has 0 radical (unpaired) electrons. The van der Waals surface area contributed by atoms with Crippen LogP contribution in [0.3, 0.4) is 0 Å². The Bertz CT molecular complexity index is 1530. The number of pyridine rings is 1. The Hall–Kier alpha value is -3.95. The van der Waals surface area contributed by atoms with Crippen LogP contribution in [0.2, 0.25) is 5.02 Å². The Morgan fingerprint density at radius 2 is 1.93 bits per heavy atom. The molecule has 10 heteroatoms. The molecule has 9 nitrogen and oxygen atoms in total. The van der Waals surface area contributed by atoms with E-state index in [0.717, 1.165) is 65.7 Å². The molecule has 1 unspecified atom stereocenters. The fourth-order valence-corrected chi connectivity index (χ4v) is 5.47. The molecule has 2 fully saturated rings. The van der Waals surface area contributed by atoms with Gasteiger partial charge in [0.2, 0.25) is 0 Å². The summed E-state index contributed by atoms with van der Waals surface area (Å²) in [6.45, 7) is 2.99. The van der Waals surface area contributed by atoms with Crippen molar-refractivity contribution in [2.75, 3.05) is 19.7 Å². The van der Waals surface area contributed by atoms with Gasteiger partial charge in [-0.25, -0.2) is 9.48 Å². The van der Waals surface area contributed by atoms with Gasteiger partial charge in [-0.3, -0.25) is 9.78 Å². The quantitative estimate of drug-likeness (QED) is 0.322. The molecule has 0 spiro atoms. The second kappa shape index (κ2) is 11.7. The summed E-state index contributed by atoms with van der Waals surface area (Å²) in [5.74, 6) is -0.216. The molecule has 6 rings (SSSR count). The molecular formula is C30H31ClN6O3. The van der Waals surface area contributed by atoms with Gasteiger partial charge in [0.1, 0.15) is 0 Å². The number of rotatable bonds is 8. The largest absolute Gasteiger partial charge is 0.356 e. The minimum atomic E-state index is -0.216. The average molecular weight is 559 g/mol. The topological polar surface area (TPSA) is 101 Å². The molecule has 0 saturated carbocycles. The highest BCUT2D eigenvalue weighted by Crippen LogP contribution is 2.30. The number of halogens is 1. The van der Waals surface area contributed by atoms with Crippen molar-refractivity contribution in [2.45, 2.75) is 45.0 Å². The number of benzene rings is 2. The number of carbonyl (C=O) groups is 2. The van der Waals surface area contributed by atoms with Gasteiger partial charge in [-0.1, -0.05) is 35.9 Å². The van der Waals surface area contributed by atoms with E-state index in [2.05, 4.69) is 27.8 Å². The summed E-state index contributed by atoms with van der Waals surface area (Å²) < 4.78 is 7.88. The van der Waals surface area contributed by atoms with Crippen LogP contribution in [0.15, 0.2) is 60.9 Å². The second-order valence-electron chi connectivity index (χ2n) is 10.3. The third-order valence-electron chi connectivity index (χ3n) is 7.40. The van der Waals surface area contributed by atoms with Gasteiger partial charge in [0.15, 0.2) is 6.23 Å². The highest BCUT2D eigenvalue weighted by Gasteiger charge is 2.22. The summed E-state index contributed by atoms with van der Waals surface area (Å²) in [4.78, 5) is 31.0. The lowest BCUT2D eigenvalue weighted by molar-refractivity contribution is -0.0369. The number of amides is 3. The zero-order valence-corrected chi connectivity index (χ0v) is 22.9. The number of fused-ring (bicyclic) bond motifs is 1. The predicted octanol–water partition coefficient (Wildman–Crippen LogP) is 4.83. The molecular weight excluding hydrogens is 528 g/mol. The van der Waals surface area contributed by atoms with Gasteiger partial charge in [-0.15, -0.1) is 0 Å². The Balaban J connectivity index is 1.12. The minimum absolute atomic E-state index is 0.0196. The van der Waals surface area contributed by atoms with Crippen LogP contribution in [0.5, 0.6) is 0 Å². The summed E-state index contributed by atoms with van der Waals surface area (Å²) in [5.41, 5.74) is 5.31. The van der Waals surface area contributed by atoms with E-state index in [0.29, 0.717) is 30.1 Å². The number of hydrogen-bond donors (Lipinski definition) is 2. The summed E-state index contributed by atoms with van der Waals surface area (Å²) in [5, 5.41) is 12.2. The minimum Gasteiger partial charge on any atom is -0.356 e. The van der Waals surface area contributed by atoms with Crippen molar-refractivity contribution in [3.05, 3.63) is 93.9 Å². The molecule has 206 valence electrons. The highest BCUT2D eigenvalue weighted by atomic mass is 35.5. The Labute approximate surface area is 237 Å². The van der Waals surface area contributed by atoms with Crippen molar-refractivity contribution in [1.29, 1.82) is 0 Å². The normalized spacial score (nSPS) is 17.3. The van der Waals surface area contributed by atoms with Crippen LogP contribution in [0.1, 0.15) is 58.2 Å². The lowest BCUT2D eigenvalue weighted by atomic mass is 10.0. The number of aromatic nitrogens is 3. The van der Waals surface area contributed by atoms with Crippen molar-refractivity contribution >= 4 is 34.4 Å². The van der Waals surface area contributed by atoms with Crippen molar-refractivity contribution in [3.63, 3.8) is 0 Å². The molecule has 0 aliphatic carbocycles. The van der Waals surface area contributed by atoms with Crippen molar-refractivity contribution < 1.29 is 14.3 Å². The van der Waals surface area contributed by atoms with E-state index in [9.17, 15) is 9.59 Å². The number of hydrogen-bond acceptors (Lipinski definition) is 5. The molecule has 2 N–H and O–H groups in total. The van der Waals surface area contributed by atoms with Gasteiger partial charge in [-0.05, 0) is 66.6 Å². The maximum atomic E-state index is 13.1. The monoisotopic (exact) mass is 558 g/mol. The third-order valence-corrected chi connectivity index (χ3v) is 7.63. The number of ether oxygens (including phenoxy) is 1. The van der Waals surface area contributed by atoms with E-state index in [1.807, 2.05) is 41.1 Å². The summed E-state index contributed by atoms with van der Waals surface area (Å²) >= 11 is 6.30. The molecule has 2 saturated heterocycles. The van der Waals surface area contributed by atoms with E-state index >= 15 is 0 Å². The number of nitrogens with one attached hydrogen (secondary N) is 2. The summed E-state index contributed by atoms with van der Waals surface area (Å²) in [6.07, 6.45) is 6.94. The number of nitrogens with zero attached hydrogens (tertiary/aromatic N) is 4. The highest BCUT2D eigenvalue weighted by molar-refractivity contribution is 6.31. The van der Waals surface area contributed by atoms with Gasteiger partial charge in [0.05, 0.1) is 23.3 Å². The summed E-state index contributed by atoms with van der Waals surface area (Å²) in [7, 11) is 0. The SMILES string of the molecule is O=C(NCc1nn(C2CCCCO2)c2ccc(Cl)cc12)c1cncc(Cc2ccc(CN3CCNC3=O)cc2)c1. The van der Waals surface area contributed by atoms with E-state index in [-0.39, 0.29) is 24.7 Å². The smallest absolute Gasteiger partial charge is 0.317 e. The zero-order chi connectivity index (χ0) is 27.5. The third kappa shape index (κ3) is 5.80. The van der Waals surface area contributed by atoms with Crippen LogP contribution in [-0.2, 0) is 24.2 Å². The molecule has 4 aromatic rings. The molecule has 1 atom stereocenters. The molecule has 2 aromatic heterocycles. The molecule has 0 bridgehead atoms.